The molecular weight excluding hydrogens is 254 g/mol. The molecule has 1 fully saturated rings. The number of anilines is 1. The maximum Gasteiger partial charge on any atom is 0.224 e. The topological polar surface area (TPSA) is 61.4 Å². The van der Waals surface area contributed by atoms with Gasteiger partial charge in [-0.05, 0) is 30.6 Å². The fourth-order valence-electron chi connectivity index (χ4n) is 2.10. The largest absolute Gasteiger partial charge is 0.342 e. The van der Waals surface area contributed by atoms with Crippen LogP contribution in [0.3, 0.4) is 0 Å². The minimum absolute atomic E-state index is 0.00618. The summed E-state index contributed by atoms with van der Waals surface area (Å²) < 4.78 is 0. The van der Waals surface area contributed by atoms with Crippen molar-refractivity contribution in [3.05, 3.63) is 29.8 Å². The normalized spacial score (nSPS) is 14.5. The fraction of sp³-hybridized carbons (Fsp3) is 0.467. The molecule has 0 bridgehead atoms. The molecule has 2 N–H and O–H groups in total. The van der Waals surface area contributed by atoms with Crippen molar-refractivity contribution in [2.45, 2.75) is 19.9 Å². The lowest BCUT2D eigenvalue weighted by molar-refractivity contribution is -0.128. The third-order valence-corrected chi connectivity index (χ3v) is 3.58. The van der Waals surface area contributed by atoms with Gasteiger partial charge < -0.3 is 15.5 Å². The number of hydrogen-bond acceptors (Lipinski definition) is 3. The lowest BCUT2D eigenvalue weighted by Gasteiger charge is -2.26. The van der Waals surface area contributed by atoms with E-state index in [4.69, 9.17) is 0 Å². The van der Waals surface area contributed by atoms with Gasteiger partial charge in [0.15, 0.2) is 0 Å². The molecule has 0 spiro atoms. The van der Waals surface area contributed by atoms with E-state index in [1.54, 1.807) is 11.9 Å². The Morgan fingerprint density at radius 1 is 1.35 bits per heavy atom. The smallest absolute Gasteiger partial charge is 0.224 e. The molecule has 1 heterocycles. The Morgan fingerprint density at radius 2 is 2.05 bits per heavy atom. The van der Waals surface area contributed by atoms with Gasteiger partial charge in [-0.15, -0.1) is 0 Å². The van der Waals surface area contributed by atoms with Crippen LogP contribution in [-0.4, -0.2) is 36.9 Å². The highest BCUT2D eigenvalue weighted by Gasteiger charge is 2.20. The van der Waals surface area contributed by atoms with Crippen molar-refractivity contribution in [3.8, 4) is 0 Å². The van der Waals surface area contributed by atoms with Crippen molar-refractivity contribution < 1.29 is 9.59 Å². The number of hydrogen-bond donors (Lipinski definition) is 2. The molecule has 0 atom stereocenters. The van der Waals surface area contributed by atoms with Gasteiger partial charge in [-0.2, -0.15) is 0 Å². The number of nitrogens with one attached hydrogen (secondary N) is 2. The van der Waals surface area contributed by atoms with Gasteiger partial charge in [0.05, 0.1) is 0 Å². The number of carbonyl (C=O) groups is 2. The predicted octanol–water partition coefficient (Wildman–Crippen LogP) is 1.21. The van der Waals surface area contributed by atoms with Crippen molar-refractivity contribution in [3.63, 3.8) is 0 Å². The minimum atomic E-state index is 0.00618. The number of benzene rings is 1. The summed E-state index contributed by atoms with van der Waals surface area (Å²) in [5, 5.41) is 6.11. The van der Waals surface area contributed by atoms with Gasteiger partial charge in [0.2, 0.25) is 11.8 Å². The van der Waals surface area contributed by atoms with E-state index in [2.05, 4.69) is 10.6 Å². The number of nitrogens with zero attached hydrogens (tertiary/aromatic N) is 1. The van der Waals surface area contributed by atoms with E-state index < -0.39 is 0 Å². The average Bonchev–Trinajstić information content (AvgIpc) is 2.36. The van der Waals surface area contributed by atoms with Crippen LogP contribution >= 0.6 is 0 Å². The Labute approximate surface area is 119 Å². The molecule has 0 unspecified atom stereocenters. The molecule has 2 amide bonds. The van der Waals surface area contributed by atoms with Crippen LogP contribution in [0.15, 0.2) is 24.3 Å². The molecular formula is C15H21N3O2. The van der Waals surface area contributed by atoms with Crippen LogP contribution in [0, 0.1) is 5.92 Å². The molecule has 108 valence electrons. The second-order valence-electron chi connectivity index (χ2n) is 5.31. The van der Waals surface area contributed by atoms with E-state index in [9.17, 15) is 9.59 Å². The summed E-state index contributed by atoms with van der Waals surface area (Å²) in [4.78, 5) is 24.9. The summed E-state index contributed by atoms with van der Waals surface area (Å²) in [6.45, 7) is 3.87. The third-order valence-electron chi connectivity index (χ3n) is 3.58. The quantitative estimate of drug-likeness (QED) is 0.849. The molecule has 20 heavy (non-hydrogen) atoms. The molecule has 0 aromatic heterocycles. The Hall–Kier alpha value is -1.88. The van der Waals surface area contributed by atoms with E-state index in [-0.39, 0.29) is 11.8 Å². The average molecular weight is 275 g/mol. The Bertz CT molecular complexity index is 498. The zero-order valence-electron chi connectivity index (χ0n) is 12.0. The monoisotopic (exact) mass is 275 g/mol. The molecule has 0 aliphatic carbocycles. The summed E-state index contributed by atoms with van der Waals surface area (Å²) in [6, 6.07) is 7.60. The highest BCUT2D eigenvalue weighted by atomic mass is 16.2. The molecule has 1 aliphatic heterocycles. The maximum atomic E-state index is 12.0. The summed E-state index contributed by atoms with van der Waals surface area (Å²) >= 11 is 0. The lowest BCUT2D eigenvalue weighted by atomic mass is 9.99. The van der Waals surface area contributed by atoms with Crippen molar-refractivity contribution in [2.75, 3.05) is 25.5 Å². The first-order valence-electron chi connectivity index (χ1n) is 6.86. The van der Waals surface area contributed by atoms with Crippen LogP contribution in [0.1, 0.15) is 18.9 Å². The second-order valence-corrected chi connectivity index (χ2v) is 5.31. The Kier molecular flexibility index (Phi) is 4.74. The summed E-state index contributed by atoms with van der Waals surface area (Å²) in [5.41, 5.74) is 1.74. The second kappa shape index (κ2) is 6.52. The highest BCUT2D eigenvalue weighted by molar-refractivity contribution is 5.91. The molecule has 1 aromatic rings. The van der Waals surface area contributed by atoms with Crippen LogP contribution in [0.2, 0.25) is 0 Å². The van der Waals surface area contributed by atoms with Crippen molar-refractivity contribution in [1.29, 1.82) is 0 Å². The number of amides is 2. The summed E-state index contributed by atoms with van der Waals surface area (Å²) in [6.07, 6.45) is 0.546. The van der Waals surface area contributed by atoms with Gasteiger partial charge in [0.25, 0.3) is 0 Å². The SMILES string of the molecule is CC(=O)N(C)Cc1ccccc1NC(=O)CC1CNC1. The number of rotatable bonds is 5. The summed E-state index contributed by atoms with van der Waals surface area (Å²) in [7, 11) is 1.75. The lowest BCUT2D eigenvalue weighted by Crippen LogP contribution is -2.43. The van der Waals surface area contributed by atoms with E-state index in [0.29, 0.717) is 18.9 Å². The molecule has 1 saturated heterocycles. The van der Waals surface area contributed by atoms with Crippen LogP contribution < -0.4 is 10.6 Å². The number of para-hydroxylation sites is 1. The predicted molar refractivity (Wildman–Crippen MR) is 78.2 cm³/mol. The van der Waals surface area contributed by atoms with Crippen molar-refractivity contribution in [2.24, 2.45) is 5.92 Å². The Balaban J connectivity index is 1.99. The van der Waals surface area contributed by atoms with E-state index >= 15 is 0 Å². The molecule has 0 radical (unpaired) electrons. The zero-order valence-corrected chi connectivity index (χ0v) is 12.0. The van der Waals surface area contributed by atoms with Crippen LogP contribution in [0.25, 0.3) is 0 Å². The fourth-order valence-corrected chi connectivity index (χ4v) is 2.10. The molecule has 0 saturated carbocycles. The molecule has 5 nitrogen and oxygen atoms in total. The summed E-state index contributed by atoms with van der Waals surface area (Å²) in [5.74, 6) is 0.489. The van der Waals surface area contributed by atoms with Crippen LogP contribution in [0.4, 0.5) is 5.69 Å². The van der Waals surface area contributed by atoms with E-state index in [1.165, 1.54) is 6.92 Å². The van der Waals surface area contributed by atoms with Gasteiger partial charge in [-0.3, -0.25) is 9.59 Å². The van der Waals surface area contributed by atoms with Crippen molar-refractivity contribution >= 4 is 17.5 Å². The molecule has 5 heteroatoms. The van der Waals surface area contributed by atoms with Gasteiger partial charge in [0.1, 0.15) is 0 Å². The van der Waals surface area contributed by atoms with Gasteiger partial charge >= 0.3 is 0 Å². The minimum Gasteiger partial charge on any atom is -0.342 e. The van der Waals surface area contributed by atoms with Crippen LogP contribution in [-0.2, 0) is 16.1 Å². The zero-order chi connectivity index (χ0) is 14.5. The van der Waals surface area contributed by atoms with E-state index in [0.717, 1.165) is 24.3 Å². The maximum absolute atomic E-state index is 12.0. The molecule has 1 aliphatic rings. The first-order chi connectivity index (χ1) is 9.56. The third kappa shape index (κ3) is 3.81. The Morgan fingerprint density at radius 3 is 2.65 bits per heavy atom. The van der Waals surface area contributed by atoms with Gasteiger partial charge in [0, 0.05) is 32.6 Å². The molecule has 2 rings (SSSR count). The standard InChI is InChI=1S/C15H21N3O2/c1-11(19)18(2)10-13-5-3-4-6-14(13)17-15(20)7-12-8-16-9-12/h3-6,12,16H,7-10H2,1-2H3,(H,17,20). The first-order valence-corrected chi connectivity index (χ1v) is 6.86. The van der Waals surface area contributed by atoms with E-state index in [1.807, 2.05) is 24.3 Å². The highest BCUT2D eigenvalue weighted by Crippen LogP contribution is 2.18. The van der Waals surface area contributed by atoms with Crippen molar-refractivity contribution in [1.82, 2.24) is 10.2 Å². The van der Waals surface area contributed by atoms with Gasteiger partial charge in [-0.25, -0.2) is 0 Å². The molecule has 1 aromatic carbocycles. The first kappa shape index (κ1) is 14.5. The van der Waals surface area contributed by atoms with Gasteiger partial charge in [-0.1, -0.05) is 18.2 Å². The number of carbonyl (C=O) groups excluding carboxylic acids is 2. The van der Waals surface area contributed by atoms with Crippen LogP contribution in [0.5, 0.6) is 0 Å².